The van der Waals surface area contributed by atoms with Crippen LogP contribution in [0.5, 0.6) is 11.5 Å². The summed E-state index contributed by atoms with van der Waals surface area (Å²) < 4.78 is 12.6. The molecule has 0 aromatic heterocycles. The number of nitrogens with one attached hydrogen (secondary N) is 1. The van der Waals surface area contributed by atoms with Crippen LogP contribution >= 0.6 is 22.6 Å². The standard InChI is InChI=1S/C33H45IN2O7/c1-42-29-15-21(19-38)14-26(34)32(29)43-28-17-24(33(41)35-10-11-37)16-27(31(28)40)36(25-6-4-2-3-5-7-25)30(39)18-23-13-20-8-9-22(23)12-20/h14-15,17,19-20,22-23,25,27-28,31,37,40H,2-13,16,18H2,1H3,(H,35,41). The van der Waals surface area contributed by atoms with Crippen LogP contribution in [0.2, 0.25) is 0 Å². The number of ether oxygens (including phenoxy) is 2. The Bertz CT molecular complexity index is 1200. The van der Waals surface area contributed by atoms with Gasteiger partial charge in [0, 0.05) is 36.6 Å². The number of halogens is 1. The second-order valence-electron chi connectivity index (χ2n) is 12.8. The van der Waals surface area contributed by atoms with Gasteiger partial charge >= 0.3 is 0 Å². The van der Waals surface area contributed by atoms with Gasteiger partial charge in [0.05, 0.1) is 23.3 Å². The third kappa shape index (κ3) is 7.39. The van der Waals surface area contributed by atoms with Crippen molar-refractivity contribution in [2.45, 2.75) is 101 Å². The second kappa shape index (κ2) is 14.7. The fourth-order valence-electron chi connectivity index (χ4n) is 7.96. The number of nitrogens with zero attached hydrogens (tertiary/aromatic N) is 1. The van der Waals surface area contributed by atoms with E-state index in [2.05, 4.69) is 27.9 Å². The monoisotopic (exact) mass is 708 g/mol. The van der Waals surface area contributed by atoms with Gasteiger partial charge in [-0.15, -0.1) is 0 Å². The van der Waals surface area contributed by atoms with Crippen LogP contribution in [0, 0.1) is 21.3 Å². The Morgan fingerprint density at radius 3 is 2.51 bits per heavy atom. The molecule has 0 spiro atoms. The summed E-state index contributed by atoms with van der Waals surface area (Å²) in [6.07, 6.45) is 11.9. The summed E-state index contributed by atoms with van der Waals surface area (Å²) in [4.78, 5) is 41.0. The third-order valence-electron chi connectivity index (χ3n) is 10.0. The van der Waals surface area contributed by atoms with Crippen LogP contribution in [0.1, 0.15) is 87.4 Å². The minimum atomic E-state index is -1.09. The molecule has 0 heterocycles. The lowest BCUT2D eigenvalue weighted by atomic mass is 9.83. The predicted molar refractivity (Wildman–Crippen MR) is 170 cm³/mol. The molecule has 236 valence electrons. The van der Waals surface area contributed by atoms with Gasteiger partial charge in [0.2, 0.25) is 11.8 Å². The smallest absolute Gasteiger partial charge is 0.247 e. The molecule has 2 amide bonds. The van der Waals surface area contributed by atoms with E-state index in [-0.39, 0.29) is 37.4 Å². The van der Waals surface area contributed by atoms with Gasteiger partial charge in [-0.2, -0.15) is 0 Å². The number of carbonyl (C=O) groups is 3. The third-order valence-corrected chi connectivity index (χ3v) is 10.8. The SMILES string of the molecule is COc1cc(C=O)cc(I)c1OC1C=C(C(=O)NCCO)CC(N(C(=O)CC2CC3CCC2C3)C2CCCCCC2)C1O. The molecule has 5 rings (SSSR count). The van der Waals surface area contributed by atoms with E-state index in [0.29, 0.717) is 44.5 Å². The summed E-state index contributed by atoms with van der Waals surface area (Å²) in [5.41, 5.74) is 0.847. The topological polar surface area (TPSA) is 125 Å². The quantitative estimate of drug-likeness (QED) is 0.177. The molecule has 43 heavy (non-hydrogen) atoms. The number of rotatable bonds is 11. The van der Waals surface area contributed by atoms with Crippen molar-refractivity contribution < 1.29 is 34.1 Å². The molecule has 3 saturated carbocycles. The Morgan fingerprint density at radius 1 is 1.12 bits per heavy atom. The Morgan fingerprint density at radius 2 is 1.88 bits per heavy atom. The molecule has 9 nitrogen and oxygen atoms in total. The Kier molecular flexibility index (Phi) is 11.0. The highest BCUT2D eigenvalue weighted by Crippen LogP contribution is 2.50. The lowest BCUT2D eigenvalue weighted by molar-refractivity contribution is -0.144. The summed E-state index contributed by atoms with van der Waals surface area (Å²) in [6, 6.07) is 2.60. The van der Waals surface area contributed by atoms with E-state index in [4.69, 9.17) is 9.47 Å². The van der Waals surface area contributed by atoms with Crippen molar-refractivity contribution in [2.75, 3.05) is 20.3 Å². The molecule has 6 atom stereocenters. The number of benzene rings is 1. The maximum absolute atomic E-state index is 14.3. The molecular formula is C33H45IN2O7. The van der Waals surface area contributed by atoms with Gasteiger partial charge < -0.3 is 29.9 Å². The van der Waals surface area contributed by atoms with Crippen LogP contribution in [0.15, 0.2) is 23.8 Å². The lowest BCUT2D eigenvalue weighted by Crippen LogP contribution is -2.58. The predicted octanol–water partition coefficient (Wildman–Crippen LogP) is 4.41. The van der Waals surface area contributed by atoms with Crippen LogP contribution in [-0.2, 0) is 9.59 Å². The second-order valence-corrected chi connectivity index (χ2v) is 13.9. The molecule has 4 aliphatic carbocycles. The number of amides is 2. The average molecular weight is 709 g/mol. The molecule has 4 aliphatic rings. The van der Waals surface area contributed by atoms with Gasteiger partial charge in [0.1, 0.15) is 18.5 Å². The van der Waals surface area contributed by atoms with E-state index >= 15 is 0 Å². The van der Waals surface area contributed by atoms with Crippen molar-refractivity contribution in [1.29, 1.82) is 0 Å². The molecule has 0 saturated heterocycles. The first-order chi connectivity index (χ1) is 20.8. The molecule has 6 unspecified atom stereocenters. The molecular weight excluding hydrogens is 663 g/mol. The first kappa shape index (κ1) is 32.2. The number of hydrogen-bond donors (Lipinski definition) is 3. The highest BCUT2D eigenvalue weighted by Gasteiger charge is 2.46. The van der Waals surface area contributed by atoms with Crippen molar-refractivity contribution in [2.24, 2.45) is 17.8 Å². The fraction of sp³-hybridized carbons (Fsp3) is 0.667. The molecule has 0 radical (unpaired) electrons. The number of aliphatic hydroxyl groups is 2. The number of aldehydes is 1. The van der Waals surface area contributed by atoms with Crippen molar-refractivity contribution in [1.82, 2.24) is 10.2 Å². The van der Waals surface area contributed by atoms with E-state index in [1.807, 2.05) is 4.90 Å². The van der Waals surface area contributed by atoms with Gasteiger partial charge in [-0.05, 0) is 90.7 Å². The molecule has 3 fully saturated rings. The summed E-state index contributed by atoms with van der Waals surface area (Å²) in [5, 5.41) is 24.0. The molecule has 2 bridgehead atoms. The molecule has 0 aliphatic heterocycles. The summed E-state index contributed by atoms with van der Waals surface area (Å²) in [6.45, 7) is -0.0942. The van der Waals surface area contributed by atoms with E-state index in [9.17, 15) is 24.6 Å². The Labute approximate surface area is 267 Å². The lowest BCUT2D eigenvalue weighted by Gasteiger charge is -2.44. The number of fused-ring (bicyclic) bond motifs is 2. The zero-order chi connectivity index (χ0) is 30.5. The first-order valence-corrected chi connectivity index (χ1v) is 17.0. The van der Waals surface area contributed by atoms with Crippen LogP contribution in [0.4, 0.5) is 0 Å². The van der Waals surface area contributed by atoms with Gasteiger partial charge in [-0.3, -0.25) is 14.4 Å². The largest absolute Gasteiger partial charge is 0.493 e. The molecule has 1 aromatic rings. The van der Waals surface area contributed by atoms with Crippen molar-refractivity contribution in [3.8, 4) is 11.5 Å². The van der Waals surface area contributed by atoms with Gasteiger partial charge in [0.15, 0.2) is 11.5 Å². The molecule has 10 heteroatoms. The molecule has 3 N–H and O–H groups in total. The maximum atomic E-state index is 14.3. The summed E-state index contributed by atoms with van der Waals surface area (Å²) >= 11 is 2.07. The van der Waals surface area contributed by atoms with Gasteiger partial charge in [-0.1, -0.05) is 32.1 Å². The van der Waals surface area contributed by atoms with E-state index in [1.54, 1.807) is 18.2 Å². The average Bonchev–Trinajstić information content (AvgIpc) is 3.53. The summed E-state index contributed by atoms with van der Waals surface area (Å²) in [5.74, 6) is 2.17. The maximum Gasteiger partial charge on any atom is 0.247 e. The van der Waals surface area contributed by atoms with Crippen molar-refractivity contribution >= 4 is 40.7 Å². The normalized spacial score (nSPS) is 29.0. The van der Waals surface area contributed by atoms with Gasteiger partial charge in [-0.25, -0.2) is 0 Å². The molecule has 1 aromatic carbocycles. The van der Waals surface area contributed by atoms with Gasteiger partial charge in [0.25, 0.3) is 0 Å². The summed E-state index contributed by atoms with van der Waals surface area (Å²) in [7, 11) is 1.48. The number of hydrogen-bond acceptors (Lipinski definition) is 7. The zero-order valence-corrected chi connectivity index (χ0v) is 27.2. The minimum Gasteiger partial charge on any atom is -0.493 e. The van der Waals surface area contributed by atoms with E-state index in [0.717, 1.165) is 57.1 Å². The minimum absolute atomic E-state index is 0.00436. The van der Waals surface area contributed by atoms with E-state index in [1.165, 1.54) is 26.4 Å². The van der Waals surface area contributed by atoms with Crippen LogP contribution in [0.25, 0.3) is 0 Å². The number of methoxy groups -OCH3 is 1. The van der Waals surface area contributed by atoms with Crippen LogP contribution < -0.4 is 14.8 Å². The van der Waals surface area contributed by atoms with E-state index < -0.39 is 18.2 Å². The van der Waals surface area contributed by atoms with Crippen molar-refractivity contribution in [3.05, 3.63) is 32.9 Å². The number of carbonyl (C=O) groups excluding carboxylic acids is 3. The number of aliphatic hydroxyl groups excluding tert-OH is 2. The zero-order valence-electron chi connectivity index (χ0n) is 25.0. The Hall–Kier alpha value is -2.18. The fourth-order valence-corrected chi connectivity index (χ4v) is 8.71. The highest BCUT2D eigenvalue weighted by molar-refractivity contribution is 14.1. The van der Waals surface area contributed by atoms with Crippen molar-refractivity contribution in [3.63, 3.8) is 0 Å². The van der Waals surface area contributed by atoms with Crippen LogP contribution in [-0.4, -0.2) is 77.8 Å². The highest BCUT2D eigenvalue weighted by atomic mass is 127. The van der Waals surface area contributed by atoms with Crippen LogP contribution in [0.3, 0.4) is 0 Å². The first-order valence-electron chi connectivity index (χ1n) is 15.9. The Balaban J connectivity index is 1.48.